The first kappa shape index (κ1) is 19.4. The maximum Gasteiger partial charge on any atom is 0.371 e. The van der Waals surface area contributed by atoms with Gasteiger partial charge in [0.1, 0.15) is 11.6 Å². The van der Waals surface area contributed by atoms with Crippen LogP contribution in [0.3, 0.4) is 0 Å². The Morgan fingerprint density at radius 1 is 1.33 bits per heavy atom. The molecule has 2 N–H and O–H groups in total. The Morgan fingerprint density at radius 3 is 2.81 bits per heavy atom. The van der Waals surface area contributed by atoms with Crippen LogP contribution in [0.2, 0.25) is 0 Å². The first-order chi connectivity index (χ1) is 12.8. The molecule has 1 aliphatic heterocycles. The maximum atomic E-state index is 12.7. The summed E-state index contributed by atoms with van der Waals surface area (Å²) in [5.41, 5.74) is 0.859. The molecule has 2 heterocycles. The van der Waals surface area contributed by atoms with Crippen molar-refractivity contribution in [2.24, 2.45) is 0 Å². The van der Waals surface area contributed by atoms with Crippen LogP contribution in [0.15, 0.2) is 28.7 Å². The molecule has 1 amide bonds. The van der Waals surface area contributed by atoms with E-state index in [-0.39, 0.29) is 17.4 Å². The molecule has 1 aromatic heterocycles. The zero-order chi connectivity index (χ0) is 19.6. The highest BCUT2D eigenvalue weighted by Gasteiger charge is 2.38. The lowest BCUT2D eigenvalue weighted by Crippen LogP contribution is -2.44. The lowest BCUT2D eigenvalue weighted by molar-refractivity contribution is -0.119. The molecule has 1 unspecified atom stereocenters. The molecule has 27 heavy (non-hydrogen) atoms. The molecule has 1 aliphatic rings. The second kappa shape index (κ2) is 7.69. The molecular weight excluding hydrogens is 372 g/mol. The first-order valence-corrected chi connectivity index (χ1v) is 10.5. The third kappa shape index (κ3) is 4.14. The molecule has 2 aromatic rings. The van der Waals surface area contributed by atoms with Crippen LogP contribution in [0.25, 0.3) is 11.0 Å². The van der Waals surface area contributed by atoms with Gasteiger partial charge in [-0.25, -0.2) is 13.2 Å². The van der Waals surface area contributed by atoms with Crippen LogP contribution in [-0.4, -0.2) is 48.0 Å². The van der Waals surface area contributed by atoms with Crippen molar-refractivity contribution in [3.63, 3.8) is 0 Å². The predicted octanol–water partition coefficient (Wildman–Crippen LogP) is 2.66. The van der Waals surface area contributed by atoms with Crippen molar-refractivity contribution in [1.29, 1.82) is 0 Å². The number of furan rings is 1. The lowest BCUT2D eigenvalue weighted by Gasteiger charge is -2.23. The second-order valence-electron chi connectivity index (χ2n) is 6.60. The summed E-state index contributed by atoms with van der Waals surface area (Å²) >= 11 is 0. The largest absolute Gasteiger partial charge is 0.475 e. The molecule has 1 fully saturated rings. The minimum atomic E-state index is -3.46. The van der Waals surface area contributed by atoms with Gasteiger partial charge >= 0.3 is 5.97 Å². The summed E-state index contributed by atoms with van der Waals surface area (Å²) < 4.78 is 31.4. The standard InChI is InChI=1S/C18H22N2O6S/c1-2-3-9-27(24,25)20-8-4-5-14(20)17(21)19-13-6-7-15-12(10-13)11-16(26-15)18(22)23/h6-7,10-11,14H,2-5,8-9H2,1H3,(H,19,21)(H,22,23). The van der Waals surface area contributed by atoms with Crippen molar-refractivity contribution in [2.45, 2.75) is 38.6 Å². The molecule has 1 saturated heterocycles. The third-order valence-electron chi connectivity index (χ3n) is 4.61. The Morgan fingerprint density at radius 2 is 2.11 bits per heavy atom. The second-order valence-corrected chi connectivity index (χ2v) is 8.64. The normalized spacial score (nSPS) is 18.0. The number of amides is 1. The third-order valence-corrected chi connectivity index (χ3v) is 6.57. The topological polar surface area (TPSA) is 117 Å². The summed E-state index contributed by atoms with van der Waals surface area (Å²) in [7, 11) is -3.46. The van der Waals surface area contributed by atoms with Gasteiger partial charge < -0.3 is 14.8 Å². The number of unbranched alkanes of at least 4 members (excludes halogenated alkanes) is 1. The summed E-state index contributed by atoms with van der Waals surface area (Å²) in [6.45, 7) is 2.28. The lowest BCUT2D eigenvalue weighted by atomic mass is 10.2. The maximum absolute atomic E-state index is 12.7. The molecule has 8 nitrogen and oxygen atoms in total. The summed E-state index contributed by atoms with van der Waals surface area (Å²) in [6.07, 6.45) is 2.46. The fourth-order valence-electron chi connectivity index (χ4n) is 3.23. The Labute approximate surface area is 157 Å². The van der Waals surface area contributed by atoms with E-state index in [0.29, 0.717) is 42.5 Å². The summed E-state index contributed by atoms with van der Waals surface area (Å²) in [5.74, 6) is -1.69. The number of anilines is 1. The summed E-state index contributed by atoms with van der Waals surface area (Å²) in [4.78, 5) is 23.6. The van der Waals surface area contributed by atoms with Crippen LogP contribution in [0.5, 0.6) is 0 Å². The Hall–Kier alpha value is -2.39. The van der Waals surface area contributed by atoms with Crippen LogP contribution in [0.4, 0.5) is 5.69 Å². The van der Waals surface area contributed by atoms with Gasteiger partial charge in [-0.2, -0.15) is 4.31 Å². The number of carboxylic acid groups (broad SMARTS) is 1. The molecule has 0 aliphatic carbocycles. The molecule has 9 heteroatoms. The average Bonchev–Trinajstić information content (AvgIpc) is 3.27. The molecule has 0 spiro atoms. The average molecular weight is 394 g/mol. The highest BCUT2D eigenvalue weighted by Crippen LogP contribution is 2.26. The Bertz CT molecular complexity index is 965. The van der Waals surface area contributed by atoms with Crippen molar-refractivity contribution in [3.8, 4) is 0 Å². The zero-order valence-corrected chi connectivity index (χ0v) is 15.8. The number of carbonyl (C=O) groups is 2. The van der Waals surface area contributed by atoms with E-state index in [0.717, 1.165) is 6.42 Å². The van der Waals surface area contributed by atoms with Crippen LogP contribution in [-0.2, 0) is 14.8 Å². The number of carboxylic acids is 1. The van der Waals surface area contributed by atoms with Gasteiger partial charge in [0.2, 0.25) is 21.7 Å². The molecule has 1 atom stereocenters. The first-order valence-electron chi connectivity index (χ1n) is 8.89. The van der Waals surface area contributed by atoms with Crippen molar-refractivity contribution in [2.75, 3.05) is 17.6 Å². The van der Waals surface area contributed by atoms with E-state index in [2.05, 4.69) is 5.32 Å². The smallest absolute Gasteiger partial charge is 0.371 e. The number of hydrogen-bond acceptors (Lipinski definition) is 5. The minimum Gasteiger partial charge on any atom is -0.475 e. The number of rotatable bonds is 7. The molecule has 0 saturated carbocycles. The highest BCUT2D eigenvalue weighted by atomic mass is 32.2. The Balaban J connectivity index is 1.76. The van der Waals surface area contributed by atoms with Crippen LogP contribution < -0.4 is 5.32 Å². The van der Waals surface area contributed by atoms with Crippen LogP contribution in [0, 0.1) is 0 Å². The quantitative estimate of drug-likeness (QED) is 0.746. The number of hydrogen-bond donors (Lipinski definition) is 2. The van der Waals surface area contributed by atoms with E-state index in [9.17, 15) is 18.0 Å². The van der Waals surface area contributed by atoms with Gasteiger partial charge in [0.05, 0.1) is 5.75 Å². The molecular formula is C18H22N2O6S. The molecule has 0 radical (unpaired) electrons. The van der Waals surface area contributed by atoms with Crippen LogP contribution in [0.1, 0.15) is 43.2 Å². The van der Waals surface area contributed by atoms with Gasteiger partial charge in [-0.05, 0) is 43.5 Å². The predicted molar refractivity (Wildman–Crippen MR) is 100 cm³/mol. The monoisotopic (exact) mass is 394 g/mol. The number of aromatic carboxylic acids is 1. The number of fused-ring (bicyclic) bond motifs is 1. The highest BCUT2D eigenvalue weighted by molar-refractivity contribution is 7.89. The van der Waals surface area contributed by atoms with E-state index in [4.69, 9.17) is 9.52 Å². The summed E-state index contributed by atoms with van der Waals surface area (Å²) in [6, 6.07) is 5.43. The van der Waals surface area contributed by atoms with Gasteiger partial charge in [0.15, 0.2) is 0 Å². The Kier molecular flexibility index (Phi) is 5.52. The SMILES string of the molecule is CCCCS(=O)(=O)N1CCCC1C(=O)Nc1ccc2oc(C(=O)O)cc2c1. The number of carbonyl (C=O) groups excluding carboxylic acids is 1. The van der Waals surface area contributed by atoms with E-state index in [1.165, 1.54) is 10.4 Å². The molecule has 3 rings (SSSR count). The van der Waals surface area contributed by atoms with Crippen molar-refractivity contribution in [1.82, 2.24) is 4.31 Å². The van der Waals surface area contributed by atoms with Crippen molar-refractivity contribution >= 4 is 38.6 Å². The number of benzene rings is 1. The minimum absolute atomic E-state index is 0.0478. The fraction of sp³-hybridized carbons (Fsp3) is 0.444. The van der Waals surface area contributed by atoms with Crippen molar-refractivity contribution in [3.05, 3.63) is 30.0 Å². The summed E-state index contributed by atoms with van der Waals surface area (Å²) in [5, 5.41) is 12.3. The van der Waals surface area contributed by atoms with E-state index >= 15 is 0 Å². The molecule has 0 bridgehead atoms. The van der Waals surface area contributed by atoms with Gasteiger partial charge in [0.25, 0.3) is 0 Å². The van der Waals surface area contributed by atoms with Gasteiger partial charge in [0, 0.05) is 17.6 Å². The number of sulfonamides is 1. The van der Waals surface area contributed by atoms with E-state index in [1.807, 2.05) is 6.92 Å². The molecule has 1 aromatic carbocycles. The fourth-order valence-corrected chi connectivity index (χ4v) is 5.12. The zero-order valence-electron chi connectivity index (χ0n) is 15.0. The van der Waals surface area contributed by atoms with Crippen LogP contribution >= 0.6 is 0 Å². The van der Waals surface area contributed by atoms with E-state index < -0.39 is 22.0 Å². The van der Waals surface area contributed by atoms with Gasteiger partial charge in [-0.1, -0.05) is 13.3 Å². The number of nitrogens with zero attached hydrogens (tertiary/aromatic N) is 1. The van der Waals surface area contributed by atoms with Gasteiger partial charge in [-0.15, -0.1) is 0 Å². The molecule has 146 valence electrons. The number of nitrogens with one attached hydrogen (secondary N) is 1. The van der Waals surface area contributed by atoms with Crippen molar-refractivity contribution < 1.29 is 27.5 Å². The van der Waals surface area contributed by atoms with Gasteiger partial charge in [-0.3, -0.25) is 4.79 Å². The van der Waals surface area contributed by atoms with E-state index in [1.54, 1.807) is 18.2 Å².